The van der Waals surface area contributed by atoms with E-state index in [1.807, 2.05) is 0 Å². The van der Waals surface area contributed by atoms with Crippen molar-refractivity contribution in [2.45, 2.75) is 38.1 Å². The van der Waals surface area contributed by atoms with Crippen LogP contribution in [0.15, 0.2) is 24.3 Å². The second-order valence-electron chi connectivity index (χ2n) is 6.10. The Morgan fingerprint density at radius 2 is 2.00 bits per heavy atom. The average molecular weight is 241 g/mol. The predicted octanol–water partition coefficient (Wildman–Crippen LogP) is 2.85. The van der Waals surface area contributed by atoms with Crippen LogP contribution >= 0.6 is 0 Å². The topological polar surface area (TPSA) is 3.01 Å². The molecule has 2 heteroatoms. The highest BCUT2D eigenvalue weighted by atomic mass is 28.3. The van der Waals surface area contributed by atoms with Crippen LogP contribution in [0.2, 0.25) is 19.6 Å². The van der Waals surface area contributed by atoms with E-state index >= 15 is 0 Å². The van der Waals surface area contributed by atoms with Crippen LogP contribution in [0.5, 0.6) is 0 Å². The van der Waals surface area contributed by atoms with Gasteiger partial charge in [-0.2, -0.15) is 0 Å². The first kappa shape index (κ1) is 11.1. The number of fused-ring (bicyclic) bond motifs is 3. The fourth-order valence-electron chi connectivity index (χ4n) is 2.66. The largest absolute Gasteiger partial charge is 0.278 e. The standard InChI is InChI=1S/C15H19NSi/c1-17(2,3)11-9-14-15-13-7-5-4-6-12(13)8-10-16(14)15/h4-7,14-15H,8,10H2,1-3H3/t14-,15+,16?/m0/s1. The van der Waals surface area contributed by atoms with Crippen LogP contribution in [-0.4, -0.2) is 25.6 Å². The van der Waals surface area contributed by atoms with Crippen LogP contribution in [0.4, 0.5) is 0 Å². The average Bonchev–Trinajstić information content (AvgIpc) is 2.99. The number of benzene rings is 1. The zero-order valence-corrected chi connectivity index (χ0v) is 11.8. The first-order valence-electron chi connectivity index (χ1n) is 6.42. The van der Waals surface area contributed by atoms with E-state index in [1.54, 1.807) is 0 Å². The van der Waals surface area contributed by atoms with E-state index in [0.717, 1.165) is 0 Å². The van der Waals surface area contributed by atoms with Gasteiger partial charge in [0.15, 0.2) is 0 Å². The highest BCUT2D eigenvalue weighted by molar-refractivity contribution is 6.83. The summed E-state index contributed by atoms with van der Waals surface area (Å²) in [6, 6.07) is 9.97. The van der Waals surface area contributed by atoms with Crippen molar-refractivity contribution in [3.8, 4) is 11.5 Å². The SMILES string of the molecule is C[Si](C)(C)C#C[C@H]1[C@H]2c3ccccc3CCN21. The maximum atomic E-state index is 3.52. The van der Waals surface area contributed by atoms with Gasteiger partial charge in [-0.25, -0.2) is 0 Å². The first-order chi connectivity index (χ1) is 8.06. The van der Waals surface area contributed by atoms with Crippen molar-refractivity contribution in [1.29, 1.82) is 0 Å². The van der Waals surface area contributed by atoms with Crippen molar-refractivity contribution in [2.24, 2.45) is 0 Å². The summed E-state index contributed by atoms with van der Waals surface area (Å²) >= 11 is 0. The third-order valence-electron chi connectivity index (χ3n) is 3.53. The lowest BCUT2D eigenvalue weighted by Crippen LogP contribution is -2.17. The first-order valence-corrected chi connectivity index (χ1v) is 9.92. The molecule has 0 radical (unpaired) electrons. The number of hydrogen-bond acceptors (Lipinski definition) is 1. The summed E-state index contributed by atoms with van der Waals surface area (Å²) in [7, 11) is -1.22. The molecule has 17 heavy (non-hydrogen) atoms. The van der Waals surface area contributed by atoms with Crippen LogP contribution in [0.25, 0.3) is 0 Å². The fourth-order valence-corrected chi connectivity index (χ4v) is 3.24. The Hall–Kier alpha value is -1.04. The zero-order valence-electron chi connectivity index (χ0n) is 10.8. The van der Waals surface area contributed by atoms with Gasteiger partial charge in [-0.15, -0.1) is 5.54 Å². The molecule has 1 aromatic rings. The van der Waals surface area contributed by atoms with Crippen molar-refractivity contribution in [3.63, 3.8) is 0 Å². The summed E-state index contributed by atoms with van der Waals surface area (Å²) in [6.45, 7) is 8.13. The van der Waals surface area contributed by atoms with Crippen molar-refractivity contribution < 1.29 is 0 Å². The Morgan fingerprint density at radius 1 is 1.24 bits per heavy atom. The molecule has 3 atom stereocenters. The quantitative estimate of drug-likeness (QED) is 0.383. The van der Waals surface area contributed by atoms with Gasteiger partial charge < -0.3 is 0 Å². The Labute approximate surface area is 105 Å². The van der Waals surface area contributed by atoms with Crippen LogP contribution in [0.1, 0.15) is 17.2 Å². The van der Waals surface area contributed by atoms with Crippen molar-refractivity contribution in [3.05, 3.63) is 35.4 Å². The summed E-state index contributed by atoms with van der Waals surface area (Å²) in [5, 5.41) is 0. The molecule has 1 aromatic carbocycles. The van der Waals surface area contributed by atoms with Gasteiger partial charge in [0.2, 0.25) is 0 Å². The molecule has 1 nitrogen and oxygen atoms in total. The van der Waals surface area contributed by atoms with E-state index in [4.69, 9.17) is 0 Å². The number of nitrogens with zero attached hydrogens (tertiary/aromatic N) is 1. The summed E-state index contributed by atoms with van der Waals surface area (Å²) in [6.07, 6.45) is 1.19. The van der Waals surface area contributed by atoms with Gasteiger partial charge in [-0.05, 0) is 17.5 Å². The van der Waals surface area contributed by atoms with Crippen LogP contribution in [0.3, 0.4) is 0 Å². The molecule has 0 N–H and O–H groups in total. The summed E-state index contributed by atoms with van der Waals surface area (Å²) in [5.41, 5.74) is 6.57. The monoisotopic (exact) mass is 241 g/mol. The van der Waals surface area contributed by atoms with Gasteiger partial charge in [-0.1, -0.05) is 49.8 Å². The Morgan fingerprint density at radius 3 is 2.76 bits per heavy atom. The molecule has 0 aliphatic carbocycles. The molecule has 0 amide bonds. The zero-order chi connectivity index (χ0) is 12.0. The molecule has 88 valence electrons. The highest BCUT2D eigenvalue weighted by Crippen LogP contribution is 2.47. The van der Waals surface area contributed by atoms with Crippen molar-refractivity contribution >= 4 is 8.07 Å². The lowest BCUT2D eigenvalue weighted by atomic mass is 9.99. The van der Waals surface area contributed by atoms with Crippen molar-refractivity contribution in [1.82, 2.24) is 4.90 Å². The molecule has 1 fully saturated rings. The molecule has 2 aliphatic heterocycles. The van der Waals surface area contributed by atoms with E-state index in [-0.39, 0.29) is 0 Å². The van der Waals surface area contributed by atoms with Crippen LogP contribution in [0, 0.1) is 11.5 Å². The van der Waals surface area contributed by atoms with Gasteiger partial charge in [0, 0.05) is 6.54 Å². The third kappa shape index (κ3) is 2.05. The van der Waals surface area contributed by atoms with Gasteiger partial charge in [0.05, 0.1) is 12.1 Å². The van der Waals surface area contributed by atoms with Crippen molar-refractivity contribution in [2.75, 3.05) is 6.54 Å². The second kappa shape index (κ2) is 3.73. The van der Waals surface area contributed by atoms with E-state index in [0.29, 0.717) is 12.1 Å². The predicted molar refractivity (Wildman–Crippen MR) is 74.5 cm³/mol. The van der Waals surface area contributed by atoms with Crippen LogP contribution in [-0.2, 0) is 6.42 Å². The van der Waals surface area contributed by atoms with Crippen LogP contribution < -0.4 is 0 Å². The maximum absolute atomic E-state index is 3.52. The molecule has 0 saturated carbocycles. The Bertz CT molecular complexity index is 504. The molecule has 1 unspecified atom stereocenters. The highest BCUT2D eigenvalue weighted by Gasteiger charge is 2.50. The number of rotatable bonds is 0. The lowest BCUT2D eigenvalue weighted by Gasteiger charge is -2.14. The van der Waals surface area contributed by atoms with Gasteiger partial charge in [0.25, 0.3) is 0 Å². The summed E-state index contributed by atoms with van der Waals surface area (Å²) in [4.78, 5) is 2.54. The molecular formula is C15H19NSi. The maximum Gasteiger partial charge on any atom is 0.129 e. The molecule has 0 bridgehead atoms. The molecule has 3 rings (SSSR count). The summed E-state index contributed by atoms with van der Waals surface area (Å²) in [5.74, 6) is 3.52. The Kier molecular flexibility index (Phi) is 2.43. The third-order valence-corrected chi connectivity index (χ3v) is 4.43. The van der Waals surface area contributed by atoms with Gasteiger partial charge >= 0.3 is 0 Å². The molecule has 0 aromatic heterocycles. The van der Waals surface area contributed by atoms with E-state index in [9.17, 15) is 0 Å². The Balaban J connectivity index is 1.85. The normalized spacial score (nSPS) is 29.7. The minimum absolute atomic E-state index is 0.505. The second-order valence-corrected chi connectivity index (χ2v) is 10.8. The fraction of sp³-hybridized carbons (Fsp3) is 0.467. The van der Waals surface area contributed by atoms with Gasteiger partial charge in [0.1, 0.15) is 8.07 Å². The lowest BCUT2D eigenvalue weighted by molar-refractivity contribution is 0.482. The van der Waals surface area contributed by atoms with Gasteiger partial charge in [-0.3, -0.25) is 4.90 Å². The molecule has 2 aliphatic rings. The van der Waals surface area contributed by atoms with E-state index in [1.165, 1.54) is 24.1 Å². The number of hydrogen-bond donors (Lipinski definition) is 0. The molecule has 1 saturated heterocycles. The summed E-state index contributed by atoms with van der Waals surface area (Å²) < 4.78 is 0. The molecule has 2 heterocycles. The minimum Gasteiger partial charge on any atom is -0.278 e. The smallest absolute Gasteiger partial charge is 0.129 e. The minimum atomic E-state index is -1.22. The molecule has 0 spiro atoms. The van der Waals surface area contributed by atoms with E-state index < -0.39 is 8.07 Å². The van der Waals surface area contributed by atoms with E-state index in [2.05, 4.69) is 60.3 Å². The molecular weight excluding hydrogens is 222 g/mol.